The SMILES string of the molecule is Cc1ccncc1-c1cc(C(=O)O)ncc1C(F)(F)F. The van der Waals surface area contributed by atoms with Crippen molar-refractivity contribution in [1.82, 2.24) is 9.97 Å². The first-order chi connectivity index (χ1) is 9.30. The molecule has 0 aromatic carbocycles. The summed E-state index contributed by atoms with van der Waals surface area (Å²) in [5.74, 6) is -1.39. The van der Waals surface area contributed by atoms with Crippen molar-refractivity contribution in [1.29, 1.82) is 0 Å². The van der Waals surface area contributed by atoms with Crippen LogP contribution >= 0.6 is 0 Å². The molecule has 0 saturated heterocycles. The number of aromatic nitrogens is 2. The van der Waals surface area contributed by atoms with Crippen molar-refractivity contribution in [2.75, 3.05) is 0 Å². The first kappa shape index (κ1) is 14.0. The highest BCUT2D eigenvalue weighted by molar-refractivity contribution is 5.87. The van der Waals surface area contributed by atoms with E-state index in [1.54, 1.807) is 13.0 Å². The number of aromatic carboxylic acids is 1. The smallest absolute Gasteiger partial charge is 0.418 e. The Kier molecular flexibility index (Phi) is 3.44. The van der Waals surface area contributed by atoms with Gasteiger partial charge in [-0.25, -0.2) is 9.78 Å². The van der Waals surface area contributed by atoms with Crippen LogP contribution in [-0.2, 0) is 6.18 Å². The number of pyridine rings is 2. The van der Waals surface area contributed by atoms with Crippen LogP contribution in [0.2, 0.25) is 0 Å². The van der Waals surface area contributed by atoms with Crippen LogP contribution in [0.4, 0.5) is 13.2 Å². The van der Waals surface area contributed by atoms with E-state index in [0.717, 1.165) is 6.07 Å². The molecule has 0 radical (unpaired) electrons. The van der Waals surface area contributed by atoms with Gasteiger partial charge in [-0.1, -0.05) is 0 Å². The van der Waals surface area contributed by atoms with Crippen LogP contribution in [-0.4, -0.2) is 21.0 Å². The number of carboxylic acids is 1. The van der Waals surface area contributed by atoms with Crippen LogP contribution in [0.5, 0.6) is 0 Å². The van der Waals surface area contributed by atoms with E-state index in [2.05, 4.69) is 9.97 Å². The minimum absolute atomic E-state index is 0.227. The molecule has 7 heteroatoms. The molecular weight excluding hydrogens is 273 g/mol. The molecule has 104 valence electrons. The van der Waals surface area contributed by atoms with Crippen molar-refractivity contribution in [3.8, 4) is 11.1 Å². The van der Waals surface area contributed by atoms with Crippen LogP contribution in [0.1, 0.15) is 21.6 Å². The molecule has 0 aliphatic rings. The normalized spacial score (nSPS) is 11.4. The quantitative estimate of drug-likeness (QED) is 0.919. The van der Waals surface area contributed by atoms with E-state index >= 15 is 0 Å². The Morgan fingerprint density at radius 2 is 1.95 bits per heavy atom. The molecule has 2 aromatic heterocycles. The molecule has 0 aliphatic carbocycles. The van der Waals surface area contributed by atoms with Gasteiger partial charge >= 0.3 is 12.1 Å². The van der Waals surface area contributed by atoms with Crippen molar-refractivity contribution in [3.63, 3.8) is 0 Å². The predicted octanol–water partition coefficient (Wildman–Crippen LogP) is 3.17. The number of hydrogen-bond donors (Lipinski definition) is 1. The summed E-state index contributed by atoms with van der Waals surface area (Å²) < 4.78 is 39.0. The fraction of sp³-hybridized carbons (Fsp3) is 0.154. The largest absolute Gasteiger partial charge is 0.477 e. The van der Waals surface area contributed by atoms with E-state index in [0.29, 0.717) is 11.8 Å². The van der Waals surface area contributed by atoms with Crippen molar-refractivity contribution >= 4 is 5.97 Å². The van der Waals surface area contributed by atoms with Gasteiger partial charge in [-0.3, -0.25) is 4.98 Å². The van der Waals surface area contributed by atoms with E-state index < -0.39 is 23.4 Å². The highest BCUT2D eigenvalue weighted by Crippen LogP contribution is 2.37. The number of aryl methyl sites for hydroxylation is 1. The molecule has 2 heterocycles. The molecule has 2 aromatic rings. The van der Waals surface area contributed by atoms with Crippen LogP contribution < -0.4 is 0 Å². The Morgan fingerprint density at radius 1 is 1.25 bits per heavy atom. The van der Waals surface area contributed by atoms with E-state index in [4.69, 9.17) is 5.11 Å². The second-order valence-corrected chi connectivity index (χ2v) is 4.11. The van der Waals surface area contributed by atoms with Gasteiger partial charge in [0.05, 0.1) is 5.56 Å². The first-order valence-corrected chi connectivity index (χ1v) is 5.52. The number of carbonyl (C=O) groups is 1. The van der Waals surface area contributed by atoms with Crippen LogP contribution in [0, 0.1) is 6.92 Å². The number of rotatable bonds is 2. The van der Waals surface area contributed by atoms with Crippen molar-refractivity contribution in [2.45, 2.75) is 13.1 Å². The van der Waals surface area contributed by atoms with Gasteiger partial charge in [-0.15, -0.1) is 0 Å². The molecule has 0 bridgehead atoms. The molecule has 0 spiro atoms. The zero-order chi connectivity index (χ0) is 14.9. The van der Waals surface area contributed by atoms with Crippen LogP contribution in [0.3, 0.4) is 0 Å². The minimum Gasteiger partial charge on any atom is -0.477 e. The van der Waals surface area contributed by atoms with E-state index in [-0.39, 0.29) is 11.1 Å². The van der Waals surface area contributed by atoms with Crippen LogP contribution in [0.15, 0.2) is 30.7 Å². The molecule has 0 amide bonds. The van der Waals surface area contributed by atoms with Crippen molar-refractivity contribution in [3.05, 3.63) is 47.5 Å². The van der Waals surface area contributed by atoms with Crippen molar-refractivity contribution < 1.29 is 23.1 Å². The molecule has 4 nitrogen and oxygen atoms in total. The van der Waals surface area contributed by atoms with E-state index in [9.17, 15) is 18.0 Å². The highest BCUT2D eigenvalue weighted by atomic mass is 19.4. The fourth-order valence-electron chi connectivity index (χ4n) is 1.77. The molecule has 0 aliphatic heterocycles. The van der Waals surface area contributed by atoms with Gasteiger partial charge in [0.25, 0.3) is 0 Å². The summed E-state index contributed by atoms with van der Waals surface area (Å²) in [5, 5.41) is 8.86. The van der Waals surface area contributed by atoms with Gasteiger partial charge in [0.2, 0.25) is 0 Å². The zero-order valence-corrected chi connectivity index (χ0v) is 10.3. The average molecular weight is 282 g/mol. The standard InChI is InChI=1S/C13H9F3N2O2/c1-7-2-3-17-5-9(7)8-4-11(12(19)20)18-6-10(8)13(14,15)16/h2-6H,1H3,(H,19,20). The maximum atomic E-state index is 13.0. The molecule has 20 heavy (non-hydrogen) atoms. The average Bonchev–Trinajstić information content (AvgIpc) is 2.37. The molecular formula is C13H9F3N2O2. The summed E-state index contributed by atoms with van der Waals surface area (Å²) in [7, 11) is 0. The molecule has 2 rings (SSSR count). The third-order valence-corrected chi connectivity index (χ3v) is 2.76. The second kappa shape index (κ2) is 4.92. The number of halogens is 3. The maximum Gasteiger partial charge on any atom is 0.418 e. The van der Waals surface area contributed by atoms with Crippen LogP contribution in [0.25, 0.3) is 11.1 Å². The monoisotopic (exact) mass is 282 g/mol. The third-order valence-electron chi connectivity index (χ3n) is 2.76. The number of nitrogens with zero attached hydrogens (tertiary/aromatic N) is 2. The lowest BCUT2D eigenvalue weighted by Gasteiger charge is -2.14. The Balaban J connectivity index is 2.74. The van der Waals surface area contributed by atoms with E-state index in [1.807, 2.05) is 0 Å². The lowest BCUT2D eigenvalue weighted by molar-refractivity contribution is -0.137. The Labute approximate surface area is 111 Å². The topological polar surface area (TPSA) is 63.1 Å². The number of hydrogen-bond acceptors (Lipinski definition) is 3. The van der Waals surface area contributed by atoms with Gasteiger partial charge in [-0.2, -0.15) is 13.2 Å². The maximum absolute atomic E-state index is 13.0. The molecule has 1 N–H and O–H groups in total. The Hall–Kier alpha value is -2.44. The zero-order valence-electron chi connectivity index (χ0n) is 10.3. The Morgan fingerprint density at radius 3 is 2.50 bits per heavy atom. The molecule has 0 saturated carbocycles. The summed E-state index contributed by atoms with van der Waals surface area (Å²) in [4.78, 5) is 18.0. The molecule has 0 unspecified atom stereocenters. The van der Waals surface area contributed by atoms with Gasteiger partial charge in [0.1, 0.15) is 5.69 Å². The van der Waals surface area contributed by atoms with Gasteiger partial charge in [0, 0.05) is 24.2 Å². The summed E-state index contributed by atoms with van der Waals surface area (Å²) in [6.07, 6.45) is -1.37. The second-order valence-electron chi connectivity index (χ2n) is 4.11. The number of carboxylic acid groups (broad SMARTS) is 1. The third kappa shape index (κ3) is 2.61. The summed E-state index contributed by atoms with van der Waals surface area (Å²) in [6.45, 7) is 1.62. The summed E-state index contributed by atoms with van der Waals surface area (Å²) >= 11 is 0. The summed E-state index contributed by atoms with van der Waals surface area (Å²) in [6, 6.07) is 2.46. The van der Waals surface area contributed by atoms with E-state index in [1.165, 1.54) is 12.4 Å². The lowest BCUT2D eigenvalue weighted by Crippen LogP contribution is -2.11. The predicted molar refractivity (Wildman–Crippen MR) is 64.2 cm³/mol. The minimum atomic E-state index is -4.62. The highest BCUT2D eigenvalue weighted by Gasteiger charge is 2.35. The first-order valence-electron chi connectivity index (χ1n) is 5.52. The van der Waals surface area contributed by atoms with Gasteiger partial charge < -0.3 is 5.11 Å². The van der Waals surface area contributed by atoms with Gasteiger partial charge in [-0.05, 0) is 30.2 Å². The van der Waals surface area contributed by atoms with Crippen molar-refractivity contribution in [2.24, 2.45) is 0 Å². The van der Waals surface area contributed by atoms with Gasteiger partial charge in [0.15, 0.2) is 0 Å². The summed E-state index contributed by atoms with van der Waals surface area (Å²) in [5.41, 5.74) is -0.886. The fourth-order valence-corrected chi connectivity index (χ4v) is 1.77. The molecule has 0 atom stereocenters. The number of alkyl halides is 3. The molecule has 0 fully saturated rings. The lowest BCUT2D eigenvalue weighted by atomic mass is 9.98. The Bertz CT molecular complexity index is 669.